The van der Waals surface area contributed by atoms with Gasteiger partial charge in [0.05, 0.1) is 0 Å². The smallest absolute Gasteiger partial charge is 0.875 e. The molecular formula is C18H16FeO2S. The van der Waals surface area contributed by atoms with Crippen LogP contribution >= 0.6 is 11.3 Å². The van der Waals surface area contributed by atoms with Gasteiger partial charge in [0.15, 0.2) is 0 Å². The van der Waals surface area contributed by atoms with Crippen molar-refractivity contribution >= 4 is 17.1 Å². The second kappa shape index (κ2) is 9.31. The number of allylic oxidation sites excluding steroid dienone is 11. The van der Waals surface area contributed by atoms with Gasteiger partial charge in [-0.05, 0) is 29.0 Å². The first kappa shape index (κ1) is 18.3. The van der Waals surface area contributed by atoms with Crippen molar-refractivity contribution in [2.75, 3.05) is 0 Å². The first-order valence-corrected chi connectivity index (χ1v) is 7.65. The van der Waals surface area contributed by atoms with Gasteiger partial charge in [-0.3, -0.25) is 0 Å². The summed E-state index contributed by atoms with van der Waals surface area (Å²) in [6.45, 7) is 1.87. The Morgan fingerprint density at radius 2 is 1.50 bits per heavy atom. The Morgan fingerprint density at radius 1 is 0.955 bits per heavy atom. The molecule has 4 heteroatoms. The van der Waals surface area contributed by atoms with Gasteiger partial charge in [-0.1, -0.05) is 67.4 Å². The fourth-order valence-electron chi connectivity index (χ4n) is 1.84. The second-order valence-electron chi connectivity index (χ2n) is 4.43. The first-order valence-electron chi connectivity index (χ1n) is 6.77. The zero-order valence-corrected chi connectivity index (χ0v) is 14.1. The summed E-state index contributed by atoms with van der Waals surface area (Å²) in [6.07, 6.45) is 15.5. The van der Waals surface area contributed by atoms with Crippen LogP contribution in [0.2, 0.25) is 0 Å². The summed E-state index contributed by atoms with van der Waals surface area (Å²) < 4.78 is 0. The molecule has 0 fully saturated rings. The van der Waals surface area contributed by atoms with E-state index in [1.807, 2.05) is 73.0 Å². The molecule has 0 aliphatic heterocycles. The maximum Gasteiger partial charge on any atom is 2.00 e. The molecule has 0 saturated carbocycles. The van der Waals surface area contributed by atoms with Crippen LogP contribution < -0.4 is 10.2 Å². The van der Waals surface area contributed by atoms with Crippen LogP contribution in [0.25, 0.3) is 5.76 Å². The molecule has 0 amide bonds. The molecule has 1 aromatic rings. The van der Waals surface area contributed by atoms with Crippen LogP contribution in [-0.2, 0) is 17.1 Å². The summed E-state index contributed by atoms with van der Waals surface area (Å²) >= 11 is 1.48. The minimum absolute atomic E-state index is 0. The van der Waals surface area contributed by atoms with Crippen LogP contribution in [-0.4, -0.2) is 0 Å². The van der Waals surface area contributed by atoms with E-state index < -0.39 is 0 Å². The Labute approximate surface area is 145 Å². The van der Waals surface area contributed by atoms with Crippen molar-refractivity contribution in [1.82, 2.24) is 0 Å². The summed E-state index contributed by atoms with van der Waals surface area (Å²) in [4.78, 5) is 0.807. The largest absolute Gasteiger partial charge is 2.00 e. The van der Waals surface area contributed by atoms with E-state index in [1.54, 1.807) is 0 Å². The zero-order chi connectivity index (χ0) is 15.1. The van der Waals surface area contributed by atoms with Crippen molar-refractivity contribution in [2.24, 2.45) is 0 Å². The van der Waals surface area contributed by atoms with E-state index in [9.17, 15) is 10.2 Å². The molecule has 1 aromatic heterocycles. The molecule has 0 aromatic carbocycles. The molecule has 0 spiro atoms. The van der Waals surface area contributed by atoms with Crippen molar-refractivity contribution in [3.8, 4) is 0 Å². The fourth-order valence-corrected chi connectivity index (χ4v) is 2.53. The molecule has 22 heavy (non-hydrogen) atoms. The van der Waals surface area contributed by atoms with Gasteiger partial charge in [0.25, 0.3) is 0 Å². The maximum absolute atomic E-state index is 11.6. The SMILES string of the molecule is CCC([O-])=C1C=CC=C1.[Fe+2].[O-]C(=C1C=CC=C1)c1cccs1. The van der Waals surface area contributed by atoms with Crippen LogP contribution in [0.3, 0.4) is 0 Å². The molecule has 2 nitrogen and oxygen atoms in total. The molecule has 2 aliphatic carbocycles. The van der Waals surface area contributed by atoms with Gasteiger partial charge in [0.2, 0.25) is 0 Å². The number of rotatable bonds is 2. The molecular weight excluding hydrogens is 336 g/mol. The molecule has 0 unspecified atom stereocenters. The van der Waals surface area contributed by atoms with Crippen LogP contribution in [0.5, 0.6) is 0 Å². The van der Waals surface area contributed by atoms with E-state index in [2.05, 4.69) is 0 Å². The second-order valence-corrected chi connectivity index (χ2v) is 5.38. The minimum Gasteiger partial charge on any atom is -0.875 e. The standard InChI is InChI=1S/C10H8OS.C8H10O.Fe/c11-10(8-4-1-2-5-8)9-6-3-7-12-9;1-2-8(9)7-5-3-4-6-7;/h1-7,11H;3-6,9H,2H2,1H3;/q;;+2/p-2. The van der Waals surface area contributed by atoms with Crippen LogP contribution in [0, 0.1) is 0 Å². The number of hydrogen-bond acceptors (Lipinski definition) is 3. The molecule has 0 N–H and O–H groups in total. The van der Waals surface area contributed by atoms with E-state index in [1.165, 1.54) is 11.3 Å². The summed E-state index contributed by atoms with van der Waals surface area (Å²) in [5.74, 6) is 0.343. The number of hydrogen-bond donors (Lipinski definition) is 0. The molecule has 2 aliphatic rings. The van der Waals surface area contributed by atoms with Crippen molar-refractivity contribution < 1.29 is 27.3 Å². The van der Waals surface area contributed by atoms with Crippen LogP contribution in [0.1, 0.15) is 18.2 Å². The maximum atomic E-state index is 11.6. The van der Waals surface area contributed by atoms with Gasteiger partial charge in [-0.25, -0.2) is 0 Å². The quantitative estimate of drug-likeness (QED) is 0.607. The zero-order valence-electron chi connectivity index (χ0n) is 12.1. The topological polar surface area (TPSA) is 46.1 Å². The third kappa shape index (κ3) is 4.92. The Balaban J connectivity index is 0.000000219. The summed E-state index contributed by atoms with van der Waals surface area (Å²) in [6, 6.07) is 3.74. The van der Waals surface area contributed by atoms with Crippen molar-refractivity contribution in [3.05, 3.63) is 87.9 Å². The van der Waals surface area contributed by atoms with Crippen LogP contribution in [0.4, 0.5) is 0 Å². The molecule has 114 valence electrons. The van der Waals surface area contributed by atoms with E-state index in [-0.39, 0.29) is 28.6 Å². The Kier molecular flexibility index (Phi) is 7.75. The van der Waals surface area contributed by atoms with Crippen LogP contribution in [0.15, 0.2) is 83.0 Å². The molecule has 1 heterocycles. The Bertz CT molecular complexity index is 631. The summed E-state index contributed by atoms with van der Waals surface area (Å²) in [5.41, 5.74) is 1.61. The minimum atomic E-state index is 0. The average Bonchev–Trinajstić information content (AvgIpc) is 3.29. The van der Waals surface area contributed by atoms with Gasteiger partial charge in [0, 0.05) is 4.88 Å². The summed E-state index contributed by atoms with van der Waals surface area (Å²) in [5, 5.41) is 24.4. The van der Waals surface area contributed by atoms with Gasteiger partial charge in [0.1, 0.15) is 0 Å². The first-order chi connectivity index (χ1) is 10.2. The normalized spacial score (nSPS) is 13.9. The van der Waals surface area contributed by atoms with Crippen molar-refractivity contribution in [3.63, 3.8) is 0 Å². The molecule has 0 bridgehead atoms. The van der Waals surface area contributed by atoms with E-state index in [0.29, 0.717) is 6.42 Å². The predicted molar refractivity (Wildman–Crippen MR) is 85.1 cm³/mol. The molecule has 3 rings (SSSR count). The monoisotopic (exact) mass is 352 g/mol. The van der Waals surface area contributed by atoms with E-state index in [0.717, 1.165) is 16.0 Å². The van der Waals surface area contributed by atoms with Gasteiger partial charge in [-0.2, -0.15) is 0 Å². The number of thiophene rings is 1. The predicted octanol–water partition coefficient (Wildman–Crippen LogP) is 3.08. The van der Waals surface area contributed by atoms with Gasteiger partial charge < -0.3 is 10.2 Å². The molecule has 0 radical (unpaired) electrons. The third-order valence-corrected chi connectivity index (χ3v) is 3.84. The van der Waals surface area contributed by atoms with E-state index >= 15 is 0 Å². The molecule has 0 atom stereocenters. The van der Waals surface area contributed by atoms with Gasteiger partial charge in [-0.15, -0.1) is 17.1 Å². The molecule has 0 saturated heterocycles. The third-order valence-electron chi connectivity index (χ3n) is 2.98. The van der Waals surface area contributed by atoms with Crippen molar-refractivity contribution in [2.45, 2.75) is 13.3 Å². The Hall–Kier alpha value is -1.74. The Morgan fingerprint density at radius 3 is 1.95 bits per heavy atom. The average molecular weight is 352 g/mol. The summed E-state index contributed by atoms with van der Waals surface area (Å²) in [7, 11) is 0. The van der Waals surface area contributed by atoms with E-state index in [4.69, 9.17) is 0 Å². The fraction of sp³-hybridized carbons (Fsp3) is 0.111. The van der Waals surface area contributed by atoms with Gasteiger partial charge >= 0.3 is 17.1 Å². The van der Waals surface area contributed by atoms with Crippen molar-refractivity contribution in [1.29, 1.82) is 0 Å².